The topological polar surface area (TPSA) is 17.1 Å². The van der Waals surface area contributed by atoms with Crippen molar-refractivity contribution in [2.45, 2.75) is 19.8 Å². The Hall–Kier alpha value is -1.67. The van der Waals surface area contributed by atoms with E-state index in [1.165, 1.54) is 12.1 Å². The highest BCUT2D eigenvalue weighted by molar-refractivity contribution is 6.31. The number of ketones is 1. The average molecular weight is 277 g/mol. The van der Waals surface area contributed by atoms with Crippen LogP contribution in [-0.4, -0.2) is 5.78 Å². The standard InChI is InChI=1S/C16H14ClFO/c1-11-6-7-14(18)8-13(11)10-15(19)9-12-4-2-3-5-16(12)17/h2-8H,9-10H2,1H3. The number of Topliss-reactive ketones (excluding diaryl/α,β-unsaturated/α-hetero) is 1. The second-order valence-electron chi connectivity index (χ2n) is 4.55. The second kappa shape index (κ2) is 5.98. The van der Waals surface area contributed by atoms with Crippen molar-refractivity contribution in [2.75, 3.05) is 0 Å². The molecule has 2 rings (SSSR count). The Bertz CT molecular complexity index is 607. The SMILES string of the molecule is Cc1ccc(F)cc1CC(=O)Cc1ccccc1Cl. The summed E-state index contributed by atoms with van der Waals surface area (Å²) in [6, 6.07) is 11.8. The van der Waals surface area contributed by atoms with Crippen molar-refractivity contribution in [1.29, 1.82) is 0 Å². The highest BCUT2D eigenvalue weighted by atomic mass is 35.5. The highest BCUT2D eigenvalue weighted by Crippen LogP contribution is 2.17. The molecule has 0 spiro atoms. The minimum atomic E-state index is -0.314. The van der Waals surface area contributed by atoms with E-state index in [9.17, 15) is 9.18 Å². The summed E-state index contributed by atoms with van der Waals surface area (Å²) in [7, 11) is 0. The zero-order valence-electron chi connectivity index (χ0n) is 10.6. The van der Waals surface area contributed by atoms with Crippen LogP contribution in [0.5, 0.6) is 0 Å². The number of hydrogen-bond donors (Lipinski definition) is 0. The minimum Gasteiger partial charge on any atom is -0.299 e. The molecule has 0 bridgehead atoms. The van der Waals surface area contributed by atoms with Crippen LogP contribution in [0.15, 0.2) is 42.5 Å². The Kier molecular flexibility index (Phi) is 4.33. The summed E-state index contributed by atoms with van der Waals surface area (Å²) in [5.41, 5.74) is 2.47. The van der Waals surface area contributed by atoms with Crippen molar-refractivity contribution in [3.05, 3.63) is 70.0 Å². The lowest BCUT2D eigenvalue weighted by Gasteiger charge is -2.06. The van der Waals surface area contributed by atoms with E-state index in [1.54, 1.807) is 12.1 Å². The van der Waals surface area contributed by atoms with Gasteiger partial charge in [-0.1, -0.05) is 35.9 Å². The summed E-state index contributed by atoms with van der Waals surface area (Å²) in [4.78, 5) is 12.0. The predicted molar refractivity (Wildman–Crippen MR) is 75.0 cm³/mol. The van der Waals surface area contributed by atoms with Crippen LogP contribution in [0.2, 0.25) is 5.02 Å². The van der Waals surface area contributed by atoms with Gasteiger partial charge in [0.15, 0.2) is 0 Å². The van der Waals surface area contributed by atoms with E-state index < -0.39 is 0 Å². The van der Waals surface area contributed by atoms with Gasteiger partial charge in [0, 0.05) is 17.9 Å². The van der Waals surface area contributed by atoms with Crippen molar-refractivity contribution in [3.8, 4) is 0 Å². The molecular formula is C16H14ClFO. The van der Waals surface area contributed by atoms with Gasteiger partial charge in [-0.3, -0.25) is 4.79 Å². The van der Waals surface area contributed by atoms with Crippen LogP contribution in [-0.2, 0) is 17.6 Å². The molecule has 2 aromatic carbocycles. The van der Waals surface area contributed by atoms with Gasteiger partial charge < -0.3 is 0 Å². The third-order valence-electron chi connectivity index (χ3n) is 3.04. The molecule has 2 aromatic rings. The maximum Gasteiger partial charge on any atom is 0.141 e. The quantitative estimate of drug-likeness (QED) is 0.820. The van der Waals surface area contributed by atoms with Crippen molar-refractivity contribution < 1.29 is 9.18 Å². The molecule has 0 radical (unpaired) electrons. The largest absolute Gasteiger partial charge is 0.299 e. The van der Waals surface area contributed by atoms with E-state index in [0.29, 0.717) is 5.02 Å². The normalized spacial score (nSPS) is 10.5. The summed E-state index contributed by atoms with van der Waals surface area (Å²) in [6.07, 6.45) is 0.504. The van der Waals surface area contributed by atoms with Gasteiger partial charge in [0.2, 0.25) is 0 Å². The Balaban J connectivity index is 2.10. The smallest absolute Gasteiger partial charge is 0.141 e. The predicted octanol–water partition coefficient (Wildman–Crippen LogP) is 4.14. The molecule has 0 aromatic heterocycles. The van der Waals surface area contributed by atoms with Crippen LogP contribution in [0.3, 0.4) is 0 Å². The fraction of sp³-hybridized carbons (Fsp3) is 0.188. The Morgan fingerprint density at radius 2 is 1.79 bits per heavy atom. The molecule has 0 amide bonds. The molecule has 0 N–H and O–H groups in total. The van der Waals surface area contributed by atoms with Gasteiger partial charge in [0.05, 0.1) is 0 Å². The van der Waals surface area contributed by atoms with Crippen LogP contribution in [0.25, 0.3) is 0 Å². The van der Waals surface area contributed by atoms with E-state index in [-0.39, 0.29) is 24.4 Å². The Morgan fingerprint density at radius 1 is 1.11 bits per heavy atom. The molecule has 0 aliphatic heterocycles. The molecule has 1 nitrogen and oxygen atoms in total. The number of aryl methyl sites for hydroxylation is 1. The fourth-order valence-electron chi connectivity index (χ4n) is 1.96. The molecule has 19 heavy (non-hydrogen) atoms. The van der Waals surface area contributed by atoms with Gasteiger partial charge in [0.25, 0.3) is 0 Å². The maximum atomic E-state index is 13.2. The number of rotatable bonds is 4. The lowest BCUT2D eigenvalue weighted by atomic mass is 9.99. The van der Waals surface area contributed by atoms with Crippen LogP contribution in [0.4, 0.5) is 4.39 Å². The fourth-order valence-corrected chi connectivity index (χ4v) is 2.16. The van der Waals surface area contributed by atoms with Crippen molar-refractivity contribution in [1.82, 2.24) is 0 Å². The number of benzene rings is 2. The molecule has 0 heterocycles. The second-order valence-corrected chi connectivity index (χ2v) is 4.96. The zero-order valence-corrected chi connectivity index (χ0v) is 11.4. The lowest BCUT2D eigenvalue weighted by molar-refractivity contribution is -0.117. The monoisotopic (exact) mass is 276 g/mol. The average Bonchev–Trinajstić information content (AvgIpc) is 2.37. The van der Waals surface area contributed by atoms with E-state index in [0.717, 1.165) is 16.7 Å². The molecule has 0 fully saturated rings. The van der Waals surface area contributed by atoms with Gasteiger partial charge in [-0.2, -0.15) is 0 Å². The van der Waals surface area contributed by atoms with E-state index >= 15 is 0 Å². The molecule has 0 unspecified atom stereocenters. The molecule has 98 valence electrons. The molecule has 0 aliphatic rings. The van der Waals surface area contributed by atoms with Crippen LogP contribution < -0.4 is 0 Å². The van der Waals surface area contributed by atoms with Gasteiger partial charge in [-0.05, 0) is 41.8 Å². The van der Waals surface area contributed by atoms with Gasteiger partial charge in [0.1, 0.15) is 11.6 Å². The molecule has 3 heteroatoms. The summed E-state index contributed by atoms with van der Waals surface area (Å²) in [6.45, 7) is 1.87. The first-order chi connectivity index (χ1) is 9.06. The third-order valence-corrected chi connectivity index (χ3v) is 3.41. The summed E-state index contributed by atoms with van der Waals surface area (Å²) >= 11 is 6.02. The summed E-state index contributed by atoms with van der Waals surface area (Å²) < 4.78 is 13.2. The zero-order chi connectivity index (χ0) is 13.8. The molecule has 0 atom stereocenters. The van der Waals surface area contributed by atoms with E-state index in [4.69, 9.17) is 11.6 Å². The Morgan fingerprint density at radius 3 is 2.53 bits per heavy atom. The molecule has 0 saturated heterocycles. The number of carbonyl (C=O) groups excluding carboxylic acids is 1. The third kappa shape index (κ3) is 3.65. The van der Waals surface area contributed by atoms with Crippen molar-refractivity contribution >= 4 is 17.4 Å². The molecule has 0 saturated carbocycles. The van der Waals surface area contributed by atoms with Crippen LogP contribution >= 0.6 is 11.6 Å². The first-order valence-corrected chi connectivity index (χ1v) is 6.44. The van der Waals surface area contributed by atoms with Crippen LogP contribution in [0.1, 0.15) is 16.7 Å². The first-order valence-electron chi connectivity index (χ1n) is 6.06. The molecule has 0 aliphatic carbocycles. The number of carbonyl (C=O) groups is 1. The van der Waals surface area contributed by atoms with Crippen molar-refractivity contribution in [3.63, 3.8) is 0 Å². The van der Waals surface area contributed by atoms with Gasteiger partial charge >= 0.3 is 0 Å². The van der Waals surface area contributed by atoms with Gasteiger partial charge in [-0.15, -0.1) is 0 Å². The van der Waals surface area contributed by atoms with E-state index in [1.807, 2.05) is 25.1 Å². The summed E-state index contributed by atoms with van der Waals surface area (Å²) in [5, 5.41) is 0.590. The Labute approximate surface area is 117 Å². The van der Waals surface area contributed by atoms with Crippen LogP contribution in [0, 0.1) is 12.7 Å². The minimum absolute atomic E-state index is 0.0294. The summed E-state index contributed by atoms with van der Waals surface area (Å²) in [5.74, 6) is -0.284. The maximum absolute atomic E-state index is 13.2. The van der Waals surface area contributed by atoms with E-state index in [2.05, 4.69) is 0 Å². The number of halogens is 2. The lowest BCUT2D eigenvalue weighted by Crippen LogP contribution is -2.08. The molecular weight excluding hydrogens is 263 g/mol. The van der Waals surface area contributed by atoms with Gasteiger partial charge in [-0.25, -0.2) is 4.39 Å². The highest BCUT2D eigenvalue weighted by Gasteiger charge is 2.10. The van der Waals surface area contributed by atoms with Crippen molar-refractivity contribution in [2.24, 2.45) is 0 Å². The number of hydrogen-bond acceptors (Lipinski definition) is 1. The first kappa shape index (κ1) is 13.8.